The Morgan fingerprint density at radius 1 is 1.19 bits per heavy atom. The smallest absolute Gasteiger partial charge is 0.119 e. The first-order valence-corrected chi connectivity index (χ1v) is 8.02. The lowest BCUT2D eigenvalue weighted by molar-refractivity contribution is 0.0476. The normalized spacial score (nSPS) is 15.8. The van der Waals surface area contributed by atoms with Crippen molar-refractivity contribution in [3.63, 3.8) is 0 Å². The van der Waals surface area contributed by atoms with Crippen molar-refractivity contribution >= 4 is 0 Å². The third-order valence-electron chi connectivity index (χ3n) is 3.54. The lowest BCUT2D eigenvalue weighted by Gasteiger charge is -2.25. The molecule has 0 heterocycles. The summed E-state index contributed by atoms with van der Waals surface area (Å²) in [6.07, 6.45) is 1.81. The minimum Gasteiger partial charge on any atom is -0.493 e. The van der Waals surface area contributed by atoms with Gasteiger partial charge in [-0.15, -0.1) is 0 Å². The predicted molar refractivity (Wildman–Crippen MR) is 88.7 cm³/mol. The molecule has 2 N–H and O–H groups in total. The van der Waals surface area contributed by atoms with E-state index in [0.717, 1.165) is 25.2 Å². The number of hydrogen-bond acceptors (Lipinski definition) is 3. The van der Waals surface area contributed by atoms with E-state index in [2.05, 4.69) is 45.1 Å². The molecule has 0 aromatic heterocycles. The molecule has 0 aliphatic rings. The maximum absolute atomic E-state index is 10.2. The van der Waals surface area contributed by atoms with Crippen LogP contribution in [-0.4, -0.2) is 23.9 Å². The first-order chi connectivity index (χ1) is 9.84. The largest absolute Gasteiger partial charge is 0.493 e. The van der Waals surface area contributed by atoms with Crippen molar-refractivity contribution in [2.75, 3.05) is 13.2 Å². The van der Waals surface area contributed by atoms with Crippen LogP contribution in [0.5, 0.6) is 5.75 Å². The van der Waals surface area contributed by atoms with Crippen molar-refractivity contribution < 1.29 is 9.84 Å². The predicted octanol–water partition coefficient (Wildman–Crippen LogP) is 3.92. The van der Waals surface area contributed by atoms with Gasteiger partial charge in [-0.3, -0.25) is 0 Å². The van der Waals surface area contributed by atoms with Crippen LogP contribution >= 0.6 is 0 Å². The number of benzene rings is 1. The molecule has 2 atom stereocenters. The Hall–Kier alpha value is -1.06. The van der Waals surface area contributed by atoms with Gasteiger partial charge in [0.05, 0.1) is 12.2 Å². The molecule has 0 amide bonds. The van der Waals surface area contributed by atoms with Crippen molar-refractivity contribution in [1.29, 1.82) is 0 Å². The molecule has 3 nitrogen and oxygen atoms in total. The average molecular weight is 293 g/mol. The molecule has 1 aromatic carbocycles. The highest BCUT2D eigenvalue weighted by atomic mass is 16.5. The van der Waals surface area contributed by atoms with Crippen LogP contribution in [0.25, 0.3) is 0 Å². The van der Waals surface area contributed by atoms with Gasteiger partial charge in [-0.25, -0.2) is 0 Å². The second-order valence-electron chi connectivity index (χ2n) is 6.62. The Balaban J connectivity index is 2.49. The van der Waals surface area contributed by atoms with Gasteiger partial charge in [-0.05, 0) is 43.9 Å². The zero-order valence-electron chi connectivity index (χ0n) is 14.1. The van der Waals surface area contributed by atoms with Gasteiger partial charge < -0.3 is 15.2 Å². The van der Waals surface area contributed by atoms with Gasteiger partial charge in [0.1, 0.15) is 5.75 Å². The highest BCUT2D eigenvalue weighted by molar-refractivity contribution is 5.29. The maximum Gasteiger partial charge on any atom is 0.119 e. The molecule has 0 spiro atoms. The van der Waals surface area contributed by atoms with E-state index < -0.39 is 5.60 Å². The van der Waals surface area contributed by atoms with Gasteiger partial charge in [0.25, 0.3) is 0 Å². The second kappa shape index (κ2) is 8.40. The van der Waals surface area contributed by atoms with Gasteiger partial charge in [-0.2, -0.15) is 0 Å². The fraction of sp³-hybridized carbons (Fsp3) is 0.667. The molecule has 0 saturated carbocycles. The molecular formula is C18H31NO2. The van der Waals surface area contributed by atoms with Crippen LogP contribution in [0, 0.1) is 5.92 Å². The molecule has 3 heteroatoms. The standard InChI is InChI=1S/C18H31NO2/c1-6-11-18(5,20)13-19-15(4)16-7-9-17(10-8-16)21-12-14(2)3/h7-10,14-15,19-20H,6,11-13H2,1-5H3. The summed E-state index contributed by atoms with van der Waals surface area (Å²) in [6, 6.07) is 8.41. The first-order valence-electron chi connectivity index (χ1n) is 8.02. The molecule has 0 fully saturated rings. The van der Waals surface area contributed by atoms with Crippen molar-refractivity contribution in [1.82, 2.24) is 5.32 Å². The summed E-state index contributed by atoms with van der Waals surface area (Å²) in [5, 5.41) is 13.6. The summed E-state index contributed by atoms with van der Waals surface area (Å²) in [6.45, 7) is 11.7. The van der Waals surface area contributed by atoms with E-state index in [0.29, 0.717) is 12.5 Å². The fourth-order valence-corrected chi connectivity index (χ4v) is 2.23. The highest BCUT2D eigenvalue weighted by Crippen LogP contribution is 2.19. The van der Waals surface area contributed by atoms with Crippen LogP contribution in [0.3, 0.4) is 0 Å². The Morgan fingerprint density at radius 2 is 1.81 bits per heavy atom. The average Bonchev–Trinajstić information content (AvgIpc) is 2.43. The van der Waals surface area contributed by atoms with Crippen molar-refractivity contribution in [2.45, 2.75) is 59.1 Å². The zero-order valence-corrected chi connectivity index (χ0v) is 14.1. The lowest BCUT2D eigenvalue weighted by Crippen LogP contribution is -2.38. The molecule has 0 aliphatic carbocycles. The van der Waals surface area contributed by atoms with Gasteiger partial charge in [-0.1, -0.05) is 39.3 Å². The highest BCUT2D eigenvalue weighted by Gasteiger charge is 2.19. The van der Waals surface area contributed by atoms with Crippen LogP contribution in [0.15, 0.2) is 24.3 Å². The topological polar surface area (TPSA) is 41.5 Å². The second-order valence-corrected chi connectivity index (χ2v) is 6.62. The van der Waals surface area contributed by atoms with E-state index in [4.69, 9.17) is 4.74 Å². The summed E-state index contributed by atoms with van der Waals surface area (Å²) >= 11 is 0. The SMILES string of the molecule is CCCC(C)(O)CNC(C)c1ccc(OCC(C)C)cc1. The Labute approximate surface area is 129 Å². The molecule has 1 rings (SSSR count). The third-order valence-corrected chi connectivity index (χ3v) is 3.54. The summed E-state index contributed by atoms with van der Waals surface area (Å²) < 4.78 is 5.69. The summed E-state index contributed by atoms with van der Waals surface area (Å²) in [7, 11) is 0. The fourth-order valence-electron chi connectivity index (χ4n) is 2.23. The molecule has 2 unspecified atom stereocenters. The zero-order chi connectivity index (χ0) is 15.9. The Morgan fingerprint density at radius 3 is 2.33 bits per heavy atom. The van der Waals surface area contributed by atoms with E-state index in [1.807, 2.05) is 19.1 Å². The maximum atomic E-state index is 10.2. The molecular weight excluding hydrogens is 262 g/mol. The van der Waals surface area contributed by atoms with Crippen molar-refractivity contribution in [3.05, 3.63) is 29.8 Å². The molecule has 120 valence electrons. The molecule has 0 radical (unpaired) electrons. The lowest BCUT2D eigenvalue weighted by atomic mass is 9.99. The summed E-state index contributed by atoms with van der Waals surface area (Å²) in [5.41, 5.74) is 0.572. The van der Waals surface area contributed by atoms with Crippen LogP contribution in [0.1, 0.15) is 59.1 Å². The molecule has 0 aliphatic heterocycles. The molecule has 0 saturated heterocycles. The van der Waals surface area contributed by atoms with Gasteiger partial charge in [0.15, 0.2) is 0 Å². The van der Waals surface area contributed by atoms with E-state index >= 15 is 0 Å². The van der Waals surface area contributed by atoms with E-state index in [1.165, 1.54) is 5.56 Å². The van der Waals surface area contributed by atoms with Gasteiger partial charge in [0.2, 0.25) is 0 Å². The van der Waals surface area contributed by atoms with E-state index in [1.54, 1.807) is 0 Å². The molecule has 1 aromatic rings. The number of hydrogen-bond donors (Lipinski definition) is 2. The first kappa shape index (κ1) is 18.0. The van der Waals surface area contributed by atoms with Crippen LogP contribution in [0.4, 0.5) is 0 Å². The monoisotopic (exact) mass is 293 g/mol. The van der Waals surface area contributed by atoms with Gasteiger partial charge in [0, 0.05) is 12.6 Å². The number of aliphatic hydroxyl groups is 1. The minimum atomic E-state index is -0.636. The van der Waals surface area contributed by atoms with Gasteiger partial charge >= 0.3 is 0 Å². The van der Waals surface area contributed by atoms with Crippen LogP contribution in [-0.2, 0) is 0 Å². The molecule has 21 heavy (non-hydrogen) atoms. The summed E-state index contributed by atoms with van der Waals surface area (Å²) in [5.74, 6) is 1.45. The van der Waals surface area contributed by atoms with Crippen LogP contribution < -0.4 is 10.1 Å². The number of ether oxygens (including phenoxy) is 1. The van der Waals surface area contributed by atoms with E-state index in [-0.39, 0.29) is 6.04 Å². The van der Waals surface area contributed by atoms with Crippen molar-refractivity contribution in [3.8, 4) is 5.75 Å². The minimum absolute atomic E-state index is 0.215. The number of rotatable bonds is 9. The number of nitrogens with one attached hydrogen (secondary N) is 1. The van der Waals surface area contributed by atoms with Crippen LogP contribution in [0.2, 0.25) is 0 Å². The van der Waals surface area contributed by atoms with E-state index in [9.17, 15) is 5.11 Å². The Kier molecular flexibility index (Phi) is 7.20. The molecule has 0 bridgehead atoms. The summed E-state index contributed by atoms with van der Waals surface area (Å²) in [4.78, 5) is 0. The Bertz CT molecular complexity index is 398. The third kappa shape index (κ3) is 6.96. The van der Waals surface area contributed by atoms with Crippen molar-refractivity contribution in [2.24, 2.45) is 5.92 Å². The quantitative estimate of drug-likeness (QED) is 0.725.